The lowest BCUT2D eigenvalue weighted by atomic mass is 10.5. The molecule has 0 aliphatic carbocycles. The van der Waals surface area contributed by atoms with Gasteiger partial charge in [-0.2, -0.15) is 4.98 Å². The summed E-state index contributed by atoms with van der Waals surface area (Å²) in [6, 6.07) is 1.88. The molecule has 6 heteroatoms. The lowest BCUT2D eigenvalue weighted by Crippen LogP contribution is -2.22. The van der Waals surface area contributed by atoms with Crippen molar-refractivity contribution in [2.24, 2.45) is 0 Å². The van der Waals surface area contributed by atoms with Crippen LogP contribution in [-0.4, -0.2) is 74.1 Å². The molecule has 1 heterocycles. The van der Waals surface area contributed by atoms with Crippen LogP contribution >= 0.6 is 0 Å². The summed E-state index contributed by atoms with van der Waals surface area (Å²) < 4.78 is 0. The van der Waals surface area contributed by atoms with Gasteiger partial charge in [0.25, 0.3) is 0 Å². The van der Waals surface area contributed by atoms with Crippen LogP contribution in [0.5, 0.6) is 0 Å². The molecule has 0 radical (unpaired) electrons. The van der Waals surface area contributed by atoms with Gasteiger partial charge in [-0.25, -0.2) is 4.98 Å². The highest BCUT2D eigenvalue weighted by Crippen LogP contribution is 2.04. The molecule has 0 aliphatic heterocycles. The predicted molar refractivity (Wildman–Crippen MR) is 76.1 cm³/mol. The Kier molecular flexibility index (Phi) is 6.38. The number of rotatable bonds is 8. The maximum Gasteiger partial charge on any atom is 0.224 e. The second-order valence-corrected chi connectivity index (χ2v) is 4.73. The van der Waals surface area contributed by atoms with E-state index in [9.17, 15) is 0 Å². The maximum atomic E-state index is 4.40. The predicted octanol–water partition coefficient (Wildman–Crippen LogP) is 0.424. The number of nitrogens with one attached hydrogen (secondary N) is 2. The molecule has 18 heavy (non-hydrogen) atoms. The van der Waals surface area contributed by atoms with Crippen molar-refractivity contribution >= 4 is 11.8 Å². The van der Waals surface area contributed by atoms with Crippen molar-refractivity contribution in [1.82, 2.24) is 19.8 Å². The molecular weight excluding hydrogens is 228 g/mol. The smallest absolute Gasteiger partial charge is 0.224 e. The molecule has 0 spiro atoms. The van der Waals surface area contributed by atoms with E-state index in [1.165, 1.54) is 0 Å². The average molecular weight is 252 g/mol. The van der Waals surface area contributed by atoms with Gasteiger partial charge in [0.2, 0.25) is 5.95 Å². The van der Waals surface area contributed by atoms with Crippen molar-refractivity contribution < 1.29 is 0 Å². The fourth-order valence-corrected chi connectivity index (χ4v) is 1.34. The van der Waals surface area contributed by atoms with Crippen molar-refractivity contribution in [2.45, 2.75) is 0 Å². The van der Waals surface area contributed by atoms with E-state index in [2.05, 4.69) is 44.5 Å². The van der Waals surface area contributed by atoms with Crippen LogP contribution in [-0.2, 0) is 0 Å². The van der Waals surface area contributed by atoms with Gasteiger partial charge in [-0.3, -0.25) is 0 Å². The van der Waals surface area contributed by atoms with E-state index in [-0.39, 0.29) is 0 Å². The van der Waals surface area contributed by atoms with E-state index in [0.29, 0.717) is 5.95 Å². The molecule has 1 aromatic heterocycles. The lowest BCUT2D eigenvalue weighted by molar-refractivity contribution is 0.424. The molecule has 6 nitrogen and oxygen atoms in total. The zero-order valence-corrected chi connectivity index (χ0v) is 11.8. The highest BCUT2D eigenvalue weighted by molar-refractivity contribution is 5.39. The average Bonchev–Trinajstić information content (AvgIpc) is 2.28. The second kappa shape index (κ2) is 7.84. The lowest BCUT2D eigenvalue weighted by Gasteiger charge is -2.12. The normalized spacial score (nSPS) is 11.0. The Hall–Kier alpha value is -1.40. The van der Waals surface area contributed by atoms with Gasteiger partial charge < -0.3 is 20.4 Å². The summed E-state index contributed by atoms with van der Waals surface area (Å²) in [6.07, 6.45) is 1.77. The molecule has 102 valence electrons. The van der Waals surface area contributed by atoms with Gasteiger partial charge in [0.1, 0.15) is 5.82 Å². The third kappa shape index (κ3) is 6.36. The van der Waals surface area contributed by atoms with Crippen LogP contribution in [0.15, 0.2) is 12.3 Å². The van der Waals surface area contributed by atoms with Crippen molar-refractivity contribution in [3.63, 3.8) is 0 Å². The summed E-state index contributed by atoms with van der Waals surface area (Å²) in [5.74, 6) is 1.53. The van der Waals surface area contributed by atoms with Crippen molar-refractivity contribution in [2.75, 3.05) is 65.0 Å². The molecule has 0 unspecified atom stereocenters. The monoisotopic (exact) mass is 252 g/mol. The number of likely N-dealkylation sites (N-methyl/N-ethyl adjacent to an activating group) is 2. The highest BCUT2D eigenvalue weighted by Gasteiger charge is 1.99. The largest absolute Gasteiger partial charge is 0.369 e. The molecule has 0 atom stereocenters. The molecule has 0 fully saturated rings. The number of hydrogen-bond donors (Lipinski definition) is 2. The van der Waals surface area contributed by atoms with E-state index >= 15 is 0 Å². The zero-order valence-electron chi connectivity index (χ0n) is 11.8. The molecule has 0 aliphatic rings. The van der Waals surface area contributed by atoms with Gasteiger partial charge in [-0.05, 0) is 34.3 Å². The number of anilines is 2. The topological polar surface area (TPSA) is 56.3 Å². The van der Waals surface area contributed by atoms with Gasteiger partial charge in [-0.1, -0.05) is 0 Å². The third-order valence-electron chi connectivity index (χ3n) is 2.36. The minimum atomic E-state index is 0.673. The number of nitrogens with zero attached hydrogens (tertiary/aromatic N) is 4. The fourth-order valence-electron chi connectivity index (χ4n) is 1.34. The van der Waals surface area contributed by atoms with Crippen LogP contribution in [0, 0.1) is 0 Å². The first-order chi connectivity index (χ1) is 8.58. The highest BCUT2D eigenvalue weighted by atomic mass is 15.2. The molecule has 0 amide bonds. The maximum absolute atomic E-state index is 4.40. The summed E-state index contributed by atoms with van der Waals surface area (Å²) in [5.41, 5.74) is 0. The summed E-state index contributed by atoms with van der Waals surface area (Å²) in [5, 5.41) is 6.47. The van der Waals surface area contributed by atoms with Crippen molar-refractivity contribution in [3.05, 3.63) is 12.3 Å². The SMILES string of the molecule is CN(C)CCNc1ccnc(NCCN(C)C)n1. The molecule has 0 aromatic carbocycles. The molecule has 0 bridgehead atoms. The van der Waals surface area contributed by atoms with E-state index in [0.717, 1.165) is 32.0 Å². The first-order valence-corrected chi connectivity index (χ1v) is 6.18. The van der Waals surface area contributed by atoms with Crippen molar-refractivity contribution in [3.8, 4) is 0 Å². The van der Waals surface area contributed by atoms with Gasteiger partial charge in [0.05, 0.1) is 0 Å². The first-order valence-electron chi connectivity index (χ1n) is 6.18. The van der Waals surface area contributed by atoms with E-state index < -0.39 is 0 Å². The number of aromatic nitrogens is 2. The van der Waals surface area contributed by atoms with Crippen LogP contribution in [0.25, 0.3) is 0 Å². The minimum absolute atomic E-state index is 0.673. The standard InChI is InChI=1S/C12H24N6/c1-17(2)9-7-13-11-5-6-14-12(16-11)15-8-10-18(3)4/h5-6H,7-10H2,1-4H3,(H2,13,14,15,16). The first kappa shape index (κ1) is 14.7. The summed E-state index contributed by atoms with van der Waals surface area (Å²) in [4.78, 5) is 12.8. The molecule has 1 aromatic rings. The van der Waals surface area contributed by atoms with Crippen LogP contribution in [0.3, 0.4) is 0 Å². The van der Waals surface area contributed by atoms with Crippen molar-refractivity contribution in [1.29, 1.82) is 0 Å². The van der Waals surface area contributed by atoms with E-state index in [4.69, 9.17) is 0 Å². The summed E-state index contributed by atoms with van der Waals surface area (Å²) in [6.45, 7) is 3.66. The molecule has 1 rings (SSSR count). The second-order valence-electron chi connectivity index (χ2n) is 4.73. The molecule has 0 saturated carbocycles. The Morgan fingerprint density at radius 3 is 2.22 bits per heavy atom. The van der Waals surface area contributed by atoms with Crippen LogP contribution in [0.4, 0.5) is 11.8 Å². The molecule has 0 saturated heterocycles. The number of hydrogen-bond acceptors (Lipinski definition) is 6. The Bertz CT molecular complexity index is 310. The van der Waals surface area contributed by atoms with Gasteiger partial charge in [-0.15, -0.1) is 0 Å². The molecular formula is C12H24N6. The van der Waals surface area contributed by atoms with Crippen LogP contribution in [0.1, 0.15) is 0 Å². The van der Waals surface area contributed by atoms with Gasteiger partial charge in [0.15, 0.2) is 0 Å². The van der Waals surface area contributed by atoms with E-state index in [1.54, 1.807) is 6.20 Å². The Labute approximate surface area is 109 Å². The zero-order chi connectivity index (χ0) is 13.4. The fraction of sp³-hybridized carbons (Fsp3) is 0.667. The summed E-state index contributed by atoms with van der Waals surface area (Å²) >= 11 is 0. The summed E-state index contributed by atoms with van der Waals surface area (Å²) in [7, 11) is 8.19. The Balaban J connectivity index is 2.36. The Morgan fingerprint density at radius 2 is 1.61 bits per heavy atom. The van der Waals surface area contributed by atoms with E-state index in [1.807, 2.05) is 20.2 Å². The minimum Gasteiger partial charge on any atom is -0.369 e. The Morgan fingerprint density at radius 1 is 1.00 bits per heavy atom. The van der Waals surface area contributed by atoms with Gasteiger partial charge in [0, 0.05) is 32.4 Å². The third-order valence-corrected chi connectivity index (χ3v) is 2.36. The van der Waals surface area contributed by atoms with Gasteiger partial charge >= 0.3 is 0 Å². The molecule has 2 N–H and O–H groups in total. The van der Waals surface area contributed by atoms with Crippen LogP contribution < -0.4 is 10.6 Å². The quantitative estimate of drug-likeness (QED) is 0.699. The van der Waals surface area contributed by atoms with Crippen LogP contribution in [0.2, 0.25) is 0 Å².